The Balaban J connectivity index is 2.29. The van der Waals surface area contributed by atoms with Gasteiger partial charge in [0.15, 0.2) is 0 Å². The summed E-state index contributed by atoms with van der Waals surface area (Å²) in [5.74, 6) is -2.14. The van der Waals surface area contributed by atoms with Gasteiger partial charge in [-0.3, -0.25) is 4.79 Å². The van der Waals surface area contributed by atoms with Crippen molar-refractivity contribution in [2.75, 3.05) is 5.73 Å². The molecule has 1 amide bonds. The number of hydrogen-bond acceptors (Lipinski definition) is 4. The van der Waals surface area contributed by atoms with Crippen molar-refractivity contribution in [2.45, 2.75) is 9.92 Å². The first kappa shape index (κ1) is 13.3. The van der Waals surface area contributed by atoms with Crippen molar-refractivity contribution in [1.29, 1.82) is 0 Å². The fourth-order valence-electron chi connectivity index (χ4n) is 1.37. The molecule has 2 aromatic rings. The van der Waals surface area contributed by atoms with Gasteiger partial charge in [0.2, 0.25) is 5.91 Å². The van der Waals surface area contributed by atoms with Crippen molar-refractivity contribution in [2.24, 2.45) is 5.73 Å². The van der Waals surface area contributed by atoms with Gasteiger partial charge in [0.05, 0.1) is 10.5 Å². The van der Waals surface area contributed by atoms with Crippen LogP contribution >= 0.6 is 11.8 Å². The molecule has 0 atom stereocenters. The minimum Gasteiger partial charge on any atom is -0.399 e. The van der Waals surface area contributed by atoms with E-state index in [1.54, 1.807) is 0 Å². The van der Waals surface area contributed by atoms with Crippen molar-refractivity contribution >= 4 is 23.4 Å². The normalized spacial score (nSPS) is 10.4. The van der Waals surface area contributed by atoms with Crippen molar-refractivity contribution in [3.63, 3.8) is 0 Å². The number of nitrogens with two attached hydrogens (primary N) is 2. The Morgan fingerprint density at radius 1 is 1.21 bits per heavy atom. The van der Waals surface area contributed by atoms with Gasteiger partial charge in [0.25, 0.3) is 0 Å². The largest absolute Gasteiger partial charge is 0.399 e. The maximum Gasteiger partial charge on any atom is 0.250 e. The number of benzene rings is 1. The van der Waals surface area contributed by atoms with Gasteiger partial charge in [-0.25, -0.2) is 13.8 Å². The summed E-state index contributed by atoms with van der Waals surface area (Å²) in [5, 5.41) is 0.340. The lowest BCUT2D eigenvalue weighted by Crippen LogP contribution is -2.10. The van der Waals surface area contributed by atoms with Crippen molar-refractivity contribution in [3.05, 3.63) is 47.7 Å². The first-order valence-electron chi connectivity index (χ1n) is 5.15. The minimum atomic E-state index is -0.761. The molecule has 1 heterocycles. The van der Waals surface area contributed by atoms with Crippen LogP contribution in [0.1, 0.15) is 10.4 Å². The molecule has 0 fully saturated rings. The van der Waals surface area contributed by atoms with E-state index in [4.69, 9.17) is 11.5 Å². The summed E-state index contributed by atoms with van der Waals surface area (Å²) >= 11 is 0.801. The van der Waals surface area contributed by atoms with E-state index in [0.717, 1.165) is 23.9 Å². The minimum absolute atomic E-state index is 0.0105. The molecule has 1 aromatic carbocycles. The number of pyridine rings is 1. The van der Waals surface area contributed by atoms with E-state index in [2.05, 4.69) is 4.98 Å². The molecule has 0 aliphatic carbocycles. The quantitative estimate of drug-likeness (QED) is 0.845. The maximum atomic E-state index is 13.6. The lowest BCUT2D eigenvalue weighted by atomic mass is 10.3. The van der Waals surface area contributed by atoms with Crippen LogP contribution in [0.2, 0.25) is 0 Å². The van der Waals surface area contributed by atoms with Crippen LogP contribution in [0.4, 0.5) is 14.5 Å². The fraction of sp³-hybridized carbons (Fsp3) is 0. The van der Waals surface area contributed by atoms with Crippen LogP contribution < -0.4 is 11.5 Å². The van der Waals surface area contributed by atoms with Gasteiger partial charge in [-0.05, 0) is 24.3 Å². The highest BCUT2D eigenvalue weighted by atomic mass is 32.2. The second kappa shape index (κ2) is 5.23. The molecule has 0 spiro atoms. The SMILES string of the molecule is NC(=O)c1ccc(Sc2c(F)cc(N)cc2F)nc1. The standard InChI is InChI=1S/C12H9F2N3OS/c13-8-3-7(15)4-9(14)11(8)19-10-2-1-6(5-17-10)12(16)18/h1-5H,15H2,(H2,16,18). The van der Waals surface area contributed by atoms with Crippen LogP contribution in [0.25, 0.3) is 0 Å². The van der Waals surface area contributed by atoms with Crippen LogP contribution in [0, 0.1) is 11.6 Å². The summed E-state index contributed by atoms with van der Waals surface area (Å²) in [5.41, 5.74) is 10.6. The Kier molecular flexibility index (Phi) is 3.66. The van der Waals surface area contributed by atoms with Crippen LogP contribution in [-0.4, -0.2) is 10.9 Å². The zero-order chi connectivity index (χ0) is 14.0. The molecular weight excluding hydrogens is 272 g/mol. The Morgan fingerprint density at radius 3 is 2.32 bits per heavy atom. The zero-order valence-corrected chi connectivity index (χ0v) is 10.4. The molecule has 1 aromatic heterocycles. The number of hydrogen-bond donors (Lipinski definition) is 2. The van der Waals surface area contributed by atoms with E-state index in [0.29, 0.717) is 5.03 Å². The molecule has 98 valence electrons. The summed E-state index contributed by atoms with van der Waals surface area (Å²) in [6, 6.07) is 4.96. The van der Waals surface area contributed by atoms with Gasteiger partial charge in [-0.15, -0.1) is 0 Å². The molecule has 0 saturated heterocycles. The number of nitrogens with zero attached hydrogens (tertiary/aromatic N) is 1. The van der Waals surface area contributed by atoms with Crippen molar-refractivity contribution in [1.82, 2.24) is 4.98 Å². The van der Waals surface area contributed by atoms with Crippen LogP contribution in [0.5, 0.6) is 0 Å². The number of carbonyl (C=O) groups is 1. The van der Waals surface area contributed by atoms with Gasteiger partial charge in [0, 0.05) is 11.9 Å². The van der Waals surface area contributed by atoms with Crippen LogP contribution in [0.3, 0.4) is 0 Å². The highest BCUT2D eigenvalue weighted by molar-refractivity contribution is 7.99. The third kappa shape index (κ3) is 3.00. The third-order valence-corrected chi connectivity index (χ3v) is 3.29. The molecule has 19 heavy (non-hydrogen) atoms. The zero-order valence-electron chi connectivity index (χ0n) is 9.56. The number of amides is 1. The molecular formula is C12H9F2N3OS. The highest BCUT2D eigenvalue weighted by Crippen LogP contribution is 2.32. The van der Waals surface area contributed by atoms with Gasteiger partial charge < -0.3 is 11.5 Å². The van der Waals surface area contributed by atoms with Gasteiger partial charge in [-0.1, -0.05) is 11.8 Å². The summed E-state index contributed by atoms with van der Waals surface area (Å²) in [6.45, 7) is 0. The average Bonchev–Trinajstić information content (AvgIpc) is 2.34. The van der Waals surface area contributed by atoms with Gasteiger partial charge in [-0.2, -0.15) is 0 Å². The van der Waals surface area contributed by atoms with E-state index in [1.165, 1.54) is 18.3 Å². The summed E-state index contributed by atoms with van der Waals surface area (Å²) in [6.07, 6.45) is 1.25. The lowest BCUT2D eigenvalue weighted by Gasteiger charge is -2.05. The predicted molar refractivity (Wildman–Crippen MR) is 67.6 cm³/mol. The number of nitrogen functional groups attached to an aromatic ring is 1. The molecule has 0 bridgehead atoms. The Bertz CT molecular complexity index is 608. The Hall–Kier alpha value is -2.15. The number of anilines is 1. The summed E-state index contributed by atoms with van der Waals surface area (Å²) in [7, 11) is 0. The van der Waals surface area contributed by atoms with Crippen molar-refractivity contribution in [3.8, 4) is 0 Å². The molecule has 0 aliphatic rings. The highest BCUT2D eigenvalue weighted by Gasteiger charge is 2.13. The van der Waals surface area contributed by atoms with E-state index < -0.39 is 17.5 Å². The van der Waals surface area contributed by atoms with E-state index >= 15 is 0 Å². The van der Waals surface area contributed by atoms with Crippen LogP contribution in [0.15, 0.2) is 40.4 Å². The topological polar surface area (TPSA) is 82.0 Å². The molecule has 2 rings (SSSR count). The van der Waals surface area contributed by atoms with Gasteiger partial charge >= 0.3 is 0 Å². The van der Waals surface area contributed by atoms with Gasteiger partial charge in [0.1, 0.15) is 16.7 Å². The number of primary amides is 1. The third-order valence-electron chi connectivity index (χ3n) is 2.25. The number of aromatic nitrogens is 1. The number of rotatable bonds is 3. The smallest absolute Gasteiger partial charge is 0.250 e. The number of halogens is 2. The predicted octanol–water partition coefficient (Wildman–Crippen LogP) is 2.19. The average molecular weight is 281 g/mol. The Labute approximate surface area is 111 Å². The van der Waals surface area contributed by atoms with E-state index in [1.807, 2.05) is 0 Å². The first-order chi connectivity index (χ1) is 8.97. The van der Waals surface area contributed by atoms with Crippen LogP contribution in [-0.2, 0) is 0 Å². The summed E-state index contributed by atoms with van der Waals surface area (Å²) in [4.78, 5) is 14.6. The molecule has 0 saturated carbocycles. The molecule has 0 aliphatic heterocycles. The van der Waals surface area contributed by atoms with Crippen molar-refractivity contribution < 1.29 is 13.6 Å². The first-order valence-corrected chi connectivity index (χ1v) is 5.97. The molecule has 0 unspecified atom stereocenters. The molecule has 0 radical (unpaired) electrons. The lowest BCUT2D eigenvalue weighted by molar-refractivity contribution is 0.1000. The molecule has 7 heteroatoms. The molecule has 4 N–H and O–H groups in total. The fourth-order valence-corrected chi connectivity index (χ4v) is 2.13. The summed E-state index contributed by atoms with van der Waals surface area (Å²) < 4.78 is 27.1. The second-order valence-electron chi connectivity index (χ2n) is 3.67. The Morgan fingerprint density at radius 2 is 1.84 bits per heavy atom. The maximum absolute atomic E-state index is 13.6. The van der Waals surface area contributed by atoms with E-state index in [-0.39, 0.29) is 16.1 Å². The number of carbonyl (C=O) groups excluding carboxylic acids is 1. The monoisotopic (exact) mass is 281 g/mol. The van der Waals surface area contributed by atoms with E-state index in [9.17, 15) is 13.6 Å². The molecule has 4 nitrogen and oxygen atoms in total. The second-order valence-corrected chi connectivity index (χ2v) is 4.70.